The van der Waals surface area contributed by atoms with Gasteiger partial charge in [-0.2, -0.15) is 13.2 Å². The van der Waals surface area contributed by atoms with Gasteiger partial charge in [-0.15, -0.1) is 10.2 Å². The smallest absolute Gasteiger partial charge is 0.413 e. The van der Waals surface area contributed by atoms with Crippen LogP contribution in [-0.4, -0.2) is 71.7 Å². The number of halogens is 4. The Morgan fingerprint density at radius 1 is 1.09 bits per heavy atom. The lowest BCUT2D eigenvalue weighted by atomic mass is 10.2. The summed E-state index contributed by atoms with van der Waals surface area (Å²) < 4.78 is 63.5. The van der Waals surface area contributed by atoms with Crippen LogP contribution in [0.5, 0.6) is 0 Å². The normalized spacial score (nSPS) is 16.5. The van der Waals surface area contributed by atoms with Crippen molar-refractivity contribution in [3.05, 3.63) is 60.0 Å². The summed E-state index contributed by atoms with van der Waals surface area (Å²) >= 11 is 0. The van der Waals surface area contributed by atoms with Crippen LogP contribution in [-0.2, 0) is 17.5 Å². The van der Waals surface area contributed by atoms with E-state index in [1.165, 1.54) is 18.3 Å². The lowest BCUT2D eigenvalue weighted by molar-refractivity contribution is -0.156. The largest absolute Gasteiger partial charge is 0.470 e. The Bertz CT molecular complexity index is 1080. The number of piperazine rings is 1. The van der Waals surface area contributed by atoms with E-state index in [0.29, 0.717) is 11.4 Å². The molecule has 0 N–H and O–H groups in total. The van der Waals surface area contributed by atoms with E-state index in [1.807, 2.05) is 7.05 Å². The Hall–Kier alpha value is -3.09. The van der Waals surface area contributed by atoms with Crippen LogP contribution >= 0.6 is 0 Å². The van der Waals surface area contributed by atoms with Gasteiger partial charge >= 0.3 is 12.1 Å². The molecule has 1 aromatic carbocycles. The minimum atomic E-state index is -4.72. The van der Waals surface area contributed by atoms with Crippen molar-refractivity contribution in [3.8, 4) is 11.5 Å². The molecule has 3 aromatic rings. The molecule has 8 nitrogen and oxygen atoms in total. The first-order valence-corrected chi connectivity index (χ1v) is 10.6. The van der Waals surface area contributed by atoms with Gasteiger partial charge < -0.3 is 19.0 Å². The quantitative estimate of drug-likeness (QED) is 0.376. The predicted molar refractivity (Wildman–Crippen MR) is 115 cm³/mol. The van der Waals surface area contributed by atoms with E-state index in [4.69, 9.17) is 9.15 Å². The summed E-state index contributed by atoms with van der Waals surface area (Å²) in [5, 5.41) is 6.47. The number of alkyl halides is 3. The predicted octanol–water partition coefficient (Wildman–Crippen LogP) is 3.47. The molecule has 1 atom stereocenters. The molecule has 3 heterocycles. The highest BCUT2D eigenvalue weighted by Gasteiger charge is 2.38. The monoisotopic (exact) mass is 480 g/mol. The number of hydrogen-bond acceptors (Lipinski definition) is 8. The summed E-state index contributed by atoms with van der Waals surface area (Å²) in [7, 11) is 3.61. The fourth-order valence-corrected chi connectivity index (χ4v) is 3.76. The molecule has 0 saturated carbocycles. The summed E-state index contributed by atoms with van der Waals surface area (Å²) in [6.45, 7) is 3.38. The van der Waals surface area contributed by atoms with E-state index < -0.39 is 24.2 Å². The average Bonchev–Trinajstić information content (AvgIpc) is 3.32. The molecule has 1 unspecified atom stereocenters. The minimum Gasteiger partial charge on any atom is -0.413 e. The second-order valence-corrected chi connectivity index (χ2v) is 7.93. The van der Waals surface area contributed by atoms with Crippen molar-refractivity contribution in [1.82, 2.24) is 25.0 Å². The number of rotatable bonds is 7. The Labute approximate surface area is 193 Å². The molecule has 0 aliphatic carbocycles. The van der Waals surface area contributed by atoms with Gasteiger partial charge in [0.05, 0.1) is 23.5 Å². The molecular weight excluding hydrogens is 456 g/mol. The van der Waals surface area contributed by atoms with Crippen LogP contribution in [0.15, 0.2) is 47.0 Å². The number of para-hydroxylation sites is 1. The van der Waals surface area contributed by atoms with E-state index in [1.54, 1.807) is 36.3 Å². The maximum atomic E-state index is 14.8. The number of ether oxygens (including phenoxy) is 1. The molecule has 1 aliphatic heterocycles. The molecule has 2 aromatic heterocycles. The van der Waals surface area contributed by atoms with Gasteiger partial charge in [-0.1, -0.05) is 12.1 Å². The van der Waals surface area contributed by atoms with E-state index in [0.717, 1.165) is 26.2 Å². The lowest BCUT2D eigenvalue weighted by Gasteiger charge is -2.43. The Morgan fingerprint density at radius 2 is 1.82 bits per heavy atom. The lowest BCUT2D eigenvalue weighted by Crippen LogP contribution is -2.56. The van der Waals surface area contributed by atoms with E-state index >= 15 is 0 Å². The van der Waals surface area contributed by atoms with Crippen LogP contribution < -0.4 is 4.90 Å². The molecule has 0 spiro atoms. The van der Waals surface area contributed by atoms with Crippen molar-refractivity contribution in [2.24, 2.45) is 0 Å². The Balaban J connectivity index is 1.59. The zero-order chi connectivity index (χ0) is 24.3. The number of likely N-dealkylation sites (N-methyl/N-ethyl adjacent to an activating group) is 1. The van der Waals surface area contributed by atoms with Crippen LogP contribution in [0.3, 0.4) is 0 Å². The molecule has 1 aliphatic rings. The molecule has 1 saturated heterocycles. The summed E-state index contributed by atoms with van der Waals surface area (Å²) in [5.41, 5.74) is 1.15. The van der Waals surface area contributed by atoms with Crippen molar-refractivity contribution < 1.29 is 26.7 Å². The number of nitrogens with zero attached hydrogens (tertiary/aromatic N) is 6. The van der Waals surface area contributed by atoms with Crippen molar-refractivity contribution >= 4 is 5.69 Å². The van der Waals surface area contributed by atoms with E-state index in [-0.39, 0.29) is 18.0 Å². The summed E-state index contributed by atoms with van der Waals surface area (Å²) in [6.07, 6.45) is -3.92. The van der Waals surface area contributed by atoms with Gasteiger partial charge in [0.1, 0.15) is 5.82 Å². The second kappa shape index (κ2) is 10.0. The van der Waals surface area contributed by atoms with Crippen molar-refractivity contribution in [1.29, 1.82) is 0 Å². The summed E-state index contributed by atoms with van der Waals surface area (Å²) in [6, 6.07) is 9.56. The van der Waals surface area contributed by atoms with Crippen LogP contribution in [0, 0.1) is 5.82 Å². The fourth-order valence-electron chi connectivity index (χ4n) is 3.76. The first kappa shape index (κ1) is 24.0. The van der Waals surface area contributed by atoms with Crippen LogP contribution in [0.4, 0.5) is 23.2 Å². The molecule has 0 radical (unpaired) electrons. The van der Waals surface area contributed by atoms with Gasteiger partial charge in [-0.3, -0.25) is 9.88 Å². The molecule has 1 fully saturated rings. The summed E-state index contributed by atoms with van der Waals surface area (Å²) in [4.78, 5) is 10.4. The van der Waals surface area contributed by atoms with Gasteiger partial charge in [0.25, 0.3) is 0 Å². The minimum absolute atomic E-state index is 0.198. The highest BCUT2D eigenvalue weighted by Crippen LogP contribution is 2.30. The van der Waals surface area contributed by atoms with E-state index in [2.05, 4.69) is 25.0 Å². The maximum absolute atomic E-state index is 14.8. The van der Waals surface area contributed by atoms with Gasteiger partial charge in [0.15, 0.2) is 6.35 Å². The van der Waals surface area contributed by atoms with Crippen LogP contribution in [0.25, 0.3) is 11.5 Å². The first-order valence-electron chi connectivity index (χ1n) is 10.6. The molecule has 182 valence electrons. The molecule has 4 rings (SSSR count). The third-order valence-electron chi connectivity index (χ3n) is 5.56. The number of anilines is 1. The number of aromatic nitrogens is 3. The zero-order valence-electron chi connectivity index (χ0n) is 18.7. The fraction of sp³-hybridized carbons (Fsp3) is 0.409. The Morgan fingerprint density at radius 3 is 2.41 bits per heavy atom. The molecule has 0 bridgehead atoms. The van der Waals surface area contributed by atoms with Gasteiger partial charge in [0.2, 0.25) is 5.89 Å². The average molecular weight is 480 g/mol. The van der Waals surface area contributed by atoms with Gasteiger partial charge in [-0.25, -0.2) is 4.39 Å². The second-order valence-electron chi connectivity index (χ2n) is 7.93. The van der Waals surface area contributed by atoms with Crippen molar-refractivity contribution in [2.75, 3.05) is 45.2 Å². The first-order chi connectivity index (χ1) is 16.3. The SMILES string of the molecule is COC(N1CCN(C)CC1)N(Cc1ccc(-c2nnc(C(F)(F)F)o2)cn1)c1ccccc1F. The van der Waals surface area contributed by atoms with Gasteiger partial charge in [0, 0.05) is 39.5 Å². The third kappa shape index (κ3) is 5.34. The standard InChI is InChI=1S/C22H24F4N6O2/c1-30-9-11-31(12-10-30)21(33-2)32(18-6-4-3-5-17(18)23)14-16-8-7-15(13-27-16)19-28-29-20(34-19)22(24,25)26/h3-8,13,21H,9-12,14H2,1-2H3. The van der Waals surface area contributed by atoms with Crippen molar-refractivity contribution in [3.63, 3.8) is 0 Å². The molecule has 0 amide bonds. The molecule has 12 heteroatoms. The topological polar surface area (TPSA) is 70.8 Å². The van der Waals surface area contributed by atoms with Gasteiger partial charge in [-0.05, 0) is 31.3 Å². The highest BCUT2D eigenvalue weighted by atomic mass is 19.4. The van der Waals surface area contributed by atoms with Crippen LogP contribution in [0.1, 0.15) is 11.6 Å². The molecule has 34 heavy (non-hydrogen) atoms. The third-order valence-corrected chi connectivity index (χ3v) is 5.56. The highest BCUT2D eigenvalue weighted by molar-refractivity contribution is 5.52. The van der Waals surface area contributed by atoms with Crippen molar-refractivity contribution in [2.45, 2.75) is 19.1 Å². The maximum Gasteiger partial charge on any atom is 0.470 e. The number of hydrogen-bond donors (Lipinski definition) is 0. The van der Waals surface area contributed by atoms with Crippen LogP contribution in [0.2, 0.25) is 0 Å². The number of benzene rings is 1. The zero-order valence-corrected chi connectivity index (χ0v) is 18.7. The number of methoxy groups -OCH3 is 1. The molecular formula is C22H24F4N6O2. The Kier molecular flexibility index (Phi) is 7.10. The van der Waals surface area contributed by atoms with E-state index in [9.17, 15) is 17.6 Å². The number of pyridine rings is 1. The summed E-state index contributed by atoms with van der Waals surface area (Å²) in [5.74, 6) is -2.11.